The molecule has 0 amide bonds. The molecule has 21 heavy (non-hydrogen) atoms. The highest BCUT2D eigenvalue weighted by molar-refractivity contribution is 6.39. The maximum Gasteiger partial charge on any atom is 0.322 e. The Labute approximate surface area is 133 Å². The zero-order chi connectivity index (χ0) is 15.4. The molecule has 0 spiro atoms. The number of halogens is 2. The molecule has 1 fully saturated rings. The molecular formula is C14H18Cl2N2O3. The van der Waals surface area contributed by atoms with Gasteiger partial charge >= 0.3 is 5.97 Å². The van der Waals surface area contributed by atoms with Gasteiger partial charge in [-0.1, -0.05) is 23.2 Å². The van der Waals surface area contributed by atoms with Crippen molar-refractivity contribution in [2.24, 2.45) is 5.73 Å². The molecule has 1 aliphatic rings. The number of hydrogen-bond donors (Lipinski definition) is 1. The molecule has 0 bridgehead atoms. The van der Waals surface area contributed by atoms with Gasteiger partial charge in [0.05, 0.1) is 36.1 Å². The normalized spacial score (nSPS) is 16.7. The number of anilines is 1. The van der Waals surface area contributed by atoms with Crippen LogP contribution >= 0.6 is 23.2 Å². The number of carbonyl (C=O) groups excluding carboxylic acids is 1. The lowest BCUT2D eigenvalue weighted by Crippen LogP contribution is -2.36. The third-order valence-corrected chi connectivity index (χ3v) is 3.94. The highest BCUT2D eigenvalue weighted by atomic mass is 35.5. The molecule has 1 aromatic rings. The zero-order valence-corrected chi connectivity index (χ0v) is 13.3. The van der Waals surface area contributed by atoms with E-state index in [0.29, 0.717) is 29.7 Å². The van der Waals surface area contributed by atoms with Gasteiger partial charge in [-0.2, -0.15) is 0 Å². The number of ether oxygens (including phenoxy) is 2. The van der Waals surface area contributed by atoms with Crippen molar-refractivity contribution in [3.8, 4) is 0 Å². The molecule has 0 aliphatic carbocycles. The van der Waals surface area contributed by atoms with Crippen molar-refractivity contribution in [1.29, 1.82) is 0 Å². The van der Waals surface area contributed by atoms with Gasteiger partial charge < -0.3 is 20.1 Å². The summed E-state index contributed by atoms with van der Waals surface area (Å²) in [5, 5.41) is 1.10. The Morgan fingerprint density at radius 1 is 1.38 bits per heavy atom. The van der Waals surface area contributed by atoms with Crippen molar-refractivity contribution in [3.05, 3.63) is 27.7 Å². The van der Waals surface area contributed by atoms with Crippen LogP contribution in [0.5, 0.6) is 0 Å². The molecular weight excluding hydrogens is 315 g/mol. The number of morpholine rings is 1. The van der Waals surface area contributed by atoms with Crippen molar-refractivity contribution >= 4 is 34.9 Å². The van der Waals surface area contributed by atoms with Crippen LogP contribution in [0.4, 0.5) is 5.69 Å². The standard InChI is InChI=1S/C14H18Cl2N2O3/c1-20-14(19)12(17)8-9-6-10(15)13(11(16)7-9)18-2-4-21-5-3-18/h6-7,12H,2-5,8,17H2,1H3. The van der Waals surface area contributed by atoms with Gasteiger partial charge in [0.2, 0.25) is 0 Å². The molecule has 1 aromatic carbocycles. The monoisotopic (exact) mass is 332 g/mol. The van der Waals surface area contributed by atoms with E-state index in [-0.39, 0.29) is 0 Å². The number of benzene rings is 1. The van der Waals surface area contributed by atoms with Crippen LogP contribution in [0.1, 0.15) is 5.56 Å². The molecule has 1 atom stereocenters. The van der Waals surface area contributed by atoms with Gasteiger partial charge in [0.1, 0.15) is 6.04 Å². The quantitative estimate of drug-likeness (QED) is 0.853. The predicted octanol–water partition coefficient (Wildman–Crippen LogP) is 1.87. The Morgan fingerprint density at radius 3 is 2.48 bits per heavy atom. The molecule has 1 unspecified atom stereocenters. The molecule has 2 N–H and O–H groups in total. The Balaban J connectivity index is 2.18. The minimum atomic E-state index is -0.726. The third-order valence-electron chi connectivity index (χ3n) is 3.36. The highest BCUT2D eigenvalue weighted by Crippen LogP contribution is 2.35. The fourth-order valence-electron chi connectivity index (χ4n) is 2.31. The van der Waals surface area contributed by atoms with E-state index in [1.54, 1.807) is 12.1 Å². The van der Waals surface area contributed by atoms with E-state index in [1.165, 1.54) is 7.11 Å². The second-order valence-corrected chi connectivity index (χ2v) is 5.66. The summed E-state index contributed by atoms with van der Waals surface area (Å²) in [5.74, 6) is -0.459. The number of hydrogen-bond acceptors (Lipinski definition) is 5. The van der Waals surface area contributed by atoms with Crippen LogP contribution in [-0.4, -0.2) is 45.4 Å². The average molecular weight is 333 g/mol. The molecule has 7 heteroatoms. The van der Waals surface area contributed by atoms with Crippen LogP contribution in [-0.2, 0) is 20.7 Å². The molecule has 5 nitrogen and oxygen atoms in total. The molecule has 1 saturated heterocycles. The first kappa shape index (κ1) is 16.4. The highest BCUT2D eigenvalue weighted by Gasteiger charge is 2.20. The molecule has 0 saturated carbocycles. The van der Waals surface area contributed by atoms with E-state index in [1.807, 2.05) is 0 Å². The van der Waals surface area contributed by atoms with Crippen LogP contribution in [0.2, 0.25) is 10.0 Å². The Bertz CT molecular complexity index is 496. The summed E-state index contributed by atoms with van der Waals surface area (Å²) in [6.07, 6.45) is 0.329. The molecule has 1 heterocycles. The van der Waals surface area contributed by atoms with E-state index >= 15 is 0 Å². The lowest BCUT2D eigenvalue weighted by Gasteiger charge is -2.30. The topological polar surface area (TPSA) is 64.8 Å². The maximum atomic E-state index is 11.4. The lowest BCUT2D eigenvalue weighted by atomic mass is 10.1. The second-order valence-electron chi connectivity index (χ2n) is 4.84. The average Bonchev–Trinajstić information content (AvgIpc) is 2.46. The van der Waals surface area contributed by atoms with Crippen molar-refractivity contribution in [2.75, 3.05) is 38.3 Å². The summed E-state index contributed by atoms with van der Waals surface area (Å²) in [5.41, 5.74) is 7.36. The van der Waals surface area contributed by atoms with Gasteiger partial charge in [-0.25, -0.2) is 0 Å². The molecule has 0 aromatic heterocycles. The molecule has 1 aliphatic heterocycles. The number of nitrogens with zero attached hydrogens (tertiary/aromatic N) is 1. The van der Waals surface area contributed by atoms with Crippen LogP contribution in [0.3, 0.4) is 0 Å². The van der Waals surface area contributed by atoms with Crippen LogP contribution < -0.4 is 10.6 Å². The number of carbonyl (C=O) groups is 1. The van der Waals surface area contributed by atoms with Crippen molar-refractivity contribution in [2.45, 2.75) is 12.5 Å². The van der Waals surface area contributed by atoms with Crippen LogP contribution in [0, 0.1) is 0 Å². The second kappa shape index (κ2) is 7.31. The fraction of sp³-hybridized carbons (Fsp3) is 0.500. The minimum Gasteiger partial charge on any atom is -0.468 e. The SMILES string of the molecule is COC(=O)C(N)Cc1cc(Cl)c(N2CCOCC2)c(Cl)c1. The number of rotatable bonds is 4. The van der Waals surface area contributed by atoms with Gasteiger partial charge in [0.15, 0.2) is 0 Å². The molecule has 2 rings (SSSR count). The number of methoxy groups -OCH3 is 1. The van der Waals surface area contributed by atoms with E-state index < -0.39 is 12.0 Å². The fourth-order valence-corrected chi connectivity index (χ4v) is 3.08. The van der Waals surface area contributed by atoms with Gasteiger partial charge in [-0.3, -0.25) is 4.79 Å². The van der Waals surface area contributed by atoms with E-state index in [9.17, 15) is 4.79 Å². The van der Waals surface area contributed by atoms with E-state index in [0.717, 1.165) is 24.3 Å². The smallest absolute Gasteiger partial charge is 0.322 e. The van der Waals surface area contributed by atoms with Crippen LogP contribution in [0.25, 0.3) is 0 Å². The lowest BCUT2D eigenvalue weighted by molar-refractivity contribution is -0.142. The van der Waals surface area contributed by atoms with Crippen molar-refractivity contribution < 1.29 is 14.3 Å². The summed E-state index contributed by atoms with van der Waals surface area (Å²) >= 11 is 12.7. The molecule has 116 valence electrons. The Hall–Kier alpha value is -1.01. The Kier molecular flexibility index (Phi) is 5.70. The first-order valence-electron chi connectivity index (χ1n) is 6.67. The summed E-state index contributed by atoms with van der Waals surface area (Å²) in [6.45, 7) is 2.81. The van der Waals surface area contributed by atoms with E-state index in [4.69, 9.17) is 33.7 Å². The summed E-state index contributed by atoms with van der Waals surface area (Å²) in [4.78, 5) is 13.5. The zero-order valence-electron chi connectivity index (χ0n) is 11.8. The summed E-state index contributed by atoms with van der Waals surface area (Å²) in [6, 6.07) is 2.86. The number of nitrogens with two attached hydrogens (primary N) is 1. The van der Waals surface area contributed by atoms with Crippen LogP contribution in [0.15, 0.2) is 12.1 Å². The van der Waals surface area contributed by atoms with Gasteiger partial charge in [-0.05, 0) is 24.1 Å². The predicted molar refractivity (Wildman–Crippen MR) is 83.2 cm³/mol. The van der Waals surface area contributed by atoms with Gasteiger partial charge in [0, 0.05) is 13.1 Å². The van der Waals surface area contributed by atoms with Gasteiger partial charge in [-0.15, -0.1) is 0 Å². The minimum absolute atomic E-state index is 0.329. The first-order valence-corrected chi connectivity index (χ1v) is 7.42. The van der Waals surface area contributed by atoms with Crippen molar-refractivity contribution in [1.82, 2.24) is 0 Å². The van der Waals surface area contributed by atoms with Gasteiger partial charge in [0.25, 0.3) is 0 Å². The maximum absolute atomic E-state index is 11.4. The summed E-state index contributed by atoms with van der Waals surface area (Å²) in [7, 11) is 1.31. The van der Waals surface area contributed by atoms with E-state index in [2.05, 4.69) is 9.64 Å². The number of esters is 1. The largest absolute Gasteiger partial charge is 0.468 e. The molecule has 0 radical (unpaired) electrons. The van der Waals surface area contributed by atoms with Crippen molar-refractivity contribution in [3.63, 3.8) is 0 Å². The Morgan fingerprint density at radius 2 is 1.95 bits per heavy atom. The summed E-state index contributed by atoms with van der Waals surface area (Å²) < 4.78 is 9.93. The first-order chi connectivity index (χ1) is 10.0. The third kappa shape index (κ3) is 4.01.